The minimum absolute atomic E-state index is 0.0479. The van der Waals surface area contributed by atoms with E-state index in [4.69, 9.17) is 0 Å². The van der Waals surface area contributed by atoms with Crippen LogP contribution in [0.15, 0.2) is 18.2 Å². The van der Waals surface area contributed by atoms with Gasteiger partial charge in [-0.05, 0) is 86.5 Å². The molecule has 0 aliphatic heterocycles. The molecule has 4 rings (SSSR count). The van der Waals surface area contributed by atoms with Crippen molar-refractivity contribution in [3.05, 3.63) is 29.3 Å². The molecule has 3 aliphatic rings. The molecule has 2 fully saturated rings. The largest absolute Gasteiger partial charge is 0.335 e. The zero-order valence-corrected chi connectivity index (χ0v) is 13.4. The number of fused-ring (bicyclic) bond motifs is 3. The number of benzene rings is 1. The van der Waals surface area contributed by atoms with Crippen LogP contribution in [0.2, 0.25) is 0 Å². The summed E-state index contributed by atoms with van der Waals surface area (Å²) in [5.41, 5.74) is 3.78. The van der Waals surface area contributed by atoms with E-state index in [-0.39, 0.29) is 12.1 Å². The van der Waals surface area contributed by atoms with Gasteiger partial charge in [-0.1, -0.05) is 12.5 Å². The van der Waals surface area contributed by atoms with Crippen LogP contribution in [0.5, 0.6) is 0 Å². The quantitative estimate of drug-likeness (QED) is 0.866. The topological polar surface area (TPSA) is 41.1 Å². The molecular weight excluding hydrogens is 272 g/mol. The van der Waals surface area contributed by atoms with Gasteiger partial charge in [0.15, 0.2) is 0 Å². The molecule has 2 bridgehead atoms. The lowest BCUT2D eigenvalue weighted by Gasteiger charge is -2.28. The normalized spacial score (nSPS) is 30.1. The molecule has 0 aromatic heterocycles. The number of hydrogen-bond acceptors (Lipinski definition) is 1. The van der Waals surface area contributed by atoms with Crippen LogP contribution >= 0.6 is 0 Å². The summed E-state index contributed by atoms with van der Waals surface area (Å²) in [7, 11) is 0. The van der Waals surface area contributed by atoms with Crippen molar-refractivity contribution in [3.63, 3.8) is 0 Å². The molecule has 1 aromatic rings. The molecule has 3 heteroatoms. The van der Waals surface area contributed by atoms with Crippen molar-refractivity contribution in [2.45, 2.75) is 57.9 Å². The Morgan fingerprint density at radius 2 is 2.05 bits per heavy atom. The summed E-state index contributed by atoms with van der Waals surface area (Å²) < 4.78 is 0. The number of aryl methyl sites for hydroxylation is 2. The zero-order chi connectivity index (χ0) is 15.1. The summed E-state index contributed by atoms with van der Waals surface area (Å²) >= 11 is 0. The van der Waals surface area contributed by atoms with Gasteiger partial charge in [0.1, 0.15) is 0 Å². The SMILES string of the molecule is C[C@H](NC(=O)Nc1ccc2c(c1)CCC2)[C@@H]1C[C@H]2CC[C@H]1C2. The van der Waals surface area contributed by atoms with E-state index < -0.39 is 0 Å². The molecule has 3 aliphatic carbocycles. The maximum atomic E-state index is 12.3. The Morgan fingerprint density at radius 1 is 1.18 bits per heavy atom. The van der Waals surface area contributed by atoms with Gasteiger partial charge in [-0.3, -0.25) is 0 Å². The van der Waals surface area contributed by atoms with E-state index in [2.05, 4.69) is 29.7 Å². The molecule has 2 amide bonds. The Labute approximate surface area is 132 Å². The highest BCUT2D eigenvalue weighted by atomic mass is 16.2. The lowest BCUT2D eigenvalue weighted by molar-refractivity contribution is 0.230. The van der Waals surface area contributed by atoms with E-state index in [0.29, 0.717) is 5.92 Å². The van der Waals surface area contributed by atoms with Crippen LogP contribution in [-0.2, 0) is 12.8 Å². The van der Waals surface area contributed by atoms with Gasteiger partial charge in [0.25, 0.3) is 0 Å². The third kappa shape index (κ3) is 2.62. The van der Waals surface area contributed by atoms with Crippen LogP contribution in [0.3, 0.4) is 0 Å². The van der Waals surface area contributed by atoms with E-state index in [1.165, 1.54) is 49.7 Å². The summed E-state index contributed by atoms with van der Waals surface area (Å²) in [6, 6.07) is 6.57. The Morgan fingerprint density at radius 3 is 2.82 bits per heavy atom. The maximum Gasteiger partial charge on any atom is 0.319 e. The molecule has 2 N–H and O–H groups in total. The first-order valence-corrected chi connectivity index (χ1v) is 8.88. The summed E-state index contributed by atoms with van der Waals surface area (Å²) in [5, 5.41) is 6.19. The fraction of sp³-hybridized carbons (Fsp3) is 0.632. The van der Waals surface area contributed by atoms with Crippen molar-refractivity contribution in [3.8, 4) is 0 Å². The second-order valence-corrected chi connectivity index (χ2v) is 7.56. The first kappa shape index (κ1) is 14.1. The molecule has 118 valence electrons. The lowest BCUT2D eigenvalue weighted by atomic mass is 9.84. The molecular formula is C19H26N2O. The Balaban J connectivity index is 1.34. The van der Waals surface area contributed by atoms with E-state index in [1.807, 2.05) is 6.07 Å². The third-order valence-corrected chi connectivity index (χ3v) is 6.15. The van der Waals surface area contributed by atoms with Crippen molar-refractivity contribution in [2.75, 3.05) is 5.32 Å². The number of amides is 2. The summed E-state index contributed by atoms with van der Waals surface area (Å²) in [6.45, 7) is 2.17. The number of hydrogen-bond donors (Lipinski definition) is 2. The molecule has 4 atom stereocenters. The minimum atomic E-state index is -0.0479. The molecule has 0 heterocycles. The Bertz CT molecular complexity index is 583. The molecule has 0 unspecified atom stereocenters. The maximum absolute atomic E-state index is 12.3. The Hall–Kier alpha value is -1.51. The molecule has 3 nitrogen and oxygen atoms in total. The number of nitrogens with one attached hydrogen (secondary N) is 2. The van der Waals surface area contributed by atoms with Gasteiger partial charge in [0.05, 0.1) is 0 Å². The van der Waals surface area contributed by atoms with Crippen molar-refractivity contribution >= 4 is 11.7 Å². The average Bonchev–Trinajstić information content (AvgIpc) is 3.22. The summed E-state index contributed by atoms with van der Waals surface area (Å²) in [5.74, 6) is 2.46. The van der Waals surface area contributed by atoms with Crippen LogP contribution < -0.4 is 10.6 Å². The molecule has 0 radical (unpaired) electrons. The van der Waals surface area contributed by atoms with Crippen LogP contribution in [0.1, 0.15) is 50.2 Å². The predicted octanol–water partition coefficient (Wildman–Crippen LogP) is 4.12. The zero-order valence-electron chi connectivity index (χ0n) is 13.4. The van der Waals surface area contributed by atoms with Crippen LogP contribution in [-0.4, -0.2) is 12.1 Å². The first-order valence-electron chi connectivity index (χ1n) is 8.88. The van der Waals surface area contributed by atoms with Gasteiger partial charge < -0.3 is 10.6 Å². The molecule has 22 heavy (non-hydrogen) atoms. The highest BCUT2D eigenvalue weighted by molar-refractivity contribution is 5.89. The van der Waals surface area contributed by atoms with Crippen molar-refractivity contribution in [1.82, 2.24) is 5.32 Å². The summed E-state index contributed by atoms with van der Waals surface area (Å²) in [6.07, 6.45) is 9.06. The van der Waals surface area contributed by atoms with Gasteiger partial charge in [0, 0.05) is 11.7 Å². The smallest absolute Gasteiger partial charge is 0.319 e. The Kier molecular flexibility index (Phi) is 3.59. The fourth-order valence-electron chi connectivity index (χ4n) is 5.04. The number of rotatable bonds is 3. The minimum Gasteiger partial charge on any atom is -0.335 e. The molecule has 2 saturated carbocycles. The van der Waals surface area contributed by atoms with Gasteiger partial charge in [0.2, 0.25) is 0 Å². The number of carbonyl (C=O) groups excluding carboxylic acids is 1. The summed E-state index contributed by atoms with van der Waals surface area (Å²) in [4.78, 5) is 12.3. The van der Waals surface area contributed by atoms with E-state index in [9.17, 15) is 4.79 Å². The van der Waals surface area contributed by atoms with E-state index in [0.717, 1.165) is 23.9 Å². The van der Waals surface area contributed by atoms with Crippen molar-refractivity contribution in [2.24, 2.45) is 17.8 Å². The van der Waals surface area contributed by atoms with Crippen LogP contribution in [0, 0.1) is 17.8 Å². The van der Waals surface area contributed by atoms with Crippen molar-refractivity contribution < 1.29 is 4.79 Å². The third-order valence-electron chi connectivity index (χ3n) is 6.15. The molecule has 0 saturated heterocycles. The van der Waals surface area contributed by atoms with Gasteiger partial charge in [-0.2, -0.15) is 0 Å². The van der Waals surface area contributed by atoms with E-state index in [1.54, 1.807) is 0 Å². The van der Waals surface area contributed by atoms with Crippen molar-refractivity contribution in [1.29, 1.82) is 0 Å². The monoisotopic (exact) mass is 298 g/mol. The highest BCUT2D eigenvalue weighted by Crippen LogP contribution is 2.49. The highest BCUT2D eigenvalue weighted by Gasteiger charge is 2.42. The number of urea groups is 1. The molecule has 1 aromatic carbocycles. The first-order chi connectivity index (χ1) is 10.7. The molecule has 0 spiro atoms. The average molecular weight is 298 g/mol. The van der Waals surface area contributed by atoms with Crippen LogP contribution in [0.25, 0.3) is 0 Å². The second-order valence-electron chi connectivity index (χ2n) is 7.56. The lowest BCUT2D eigenvalue weighted by Crippen LogP contribution is -2.42. The van der Waals surface area contributed by atoms with E-state index >= 15 is 0 Å². The van der Waals surface area contributed by atoms with Gasteiger partial charge >= 0.3 is 6.03 Å². The van der Waals surface area contributed by atoms with Crippen LogP contribution in [0.4, 0.5) is 10.5 Å². The predicted molar refractivity (Wildman–Crippen MR) is 89.0 cm³/mol. The van der Waals surface area contributed by atoms with Gasteiger partial charge in [-0.15, -0.1) is 0 Å². The number of anilines is 1. The standard InChI is InChI=1S/C19H26N2O/c1-12(18-10-13-5-6-16(18)9-13)20-19(22)21-17-8-7-14-3-2-4-15(14)11-17/h7-8,11-13,16,18H,2-6,9-10H2,1H3,(H2,20,21,22)/t12-,13-,16-,18-/m0/s1. The fourth-order valence-corrected chi connectivity index (χ4v) is 5.04. The second kappa shape index (κ2) is 5.60. The van der Waals surface area contributed by atoms with Gasteiger partial charge in [-0.25, -0.2) is 4.79 Å². The number of carbonyl (C=O) groups is 1.